The molecule has 0 saturated carbocycles. The zero-order chi connectivity index (χ0) is 12.5. The Morgan fingerprint density at radius 1 is 1.24 bits per heavy atom. The van der Waals surface area contributed by atoms with Crippen LogP contribution in [0.25, 0.3) is 0 Å². The summed E-state index contributed by atoms with van der Waals surface area (Å²) in [4.78, 5) is 0. The van der Waals surface area contributed by atoms with E-state index in [1.807, 2.05) is 6.08 Å². The van der Waals surface area contributed by atoms with Crippen molar-refractivity contribution in [2.24, 2.45) is 0 Å². The van der Waals surface area contributed by atoms with Crippen LogP contribution in [0.4, 0.5) is 0 Å². The van der Waals surface area contributed by atoms with Gasteiger partial charge in [0.2, 0.25) is 0 Å². The molecule has 0 radical (unpaired) electrons. The van der Waals surface area contributed by atoms with Gasteiger partial charge >= 0.3 is 0 Å². The van der Waals surface area contributed by atoms with E-state index in [1.54, 1.807) is 0 Å². The van der Waals surface area contributed by atoms with Gasteiger partial charge in [0, 0.05) is 0 Å². The number of allylic oxidation sites excluding steroid dienone is 1. The van der Waals surface area contributed by atoms with Crippen molar-refractivity contribution in [3.8, 4) is 0 Å². The Morgan fingerprint density at radius 2 is 1.82 bits per heavy atom. The van der Waals surface area contributed by atoms with Crippen LogP contribution in [0.15, 0.2) is 12.7 Å². The molecule has 98 valence electrons. The molecule has 2 fully saturated rings. The van der Waals surface area contributed by atoms with E-state index in [-0.39, 0.29) is 10.5 Å². The first-order valence-electron chi connectivity index (χ1n) is 6.54. The number of hydrogen-bond donors (Lipinski definition) is 1. The fourth-order valence-corrected chi connectivity index (χ4v) is 5.85. The van der Waals surface area contributed by atoms with Crippen molar-refractivity contribution in [1.29, 1.82) is 0 Å². The Hall–Kier alpha value is -0.350. The summed E-state index contributed by atoms with van der Waals surface area (Å²) >= 11 is 0. The number of sulfone groups is 1. The standard InChI is InChI=1S/C13H22O3S/c1-2-3-4-5-8-13(14)9-11-6-7-12(10-13)17(11,15)16/h2,11-12,14H,1,3-10H2. The van der Waals surface area contributed by atoms with E-state index in [2.05, 4.69) is 6.58 Å². The van der Waals surface area contributed by atoms with E-state index in [0.29, 0.717) is 12.8 Å². The van der Waals surface area contributed by atoms with Crippen molar-refractivity contribution >= 4 is 9.84 Å². The van der Waals surface area contributed by atoms with Crippen molar-refractivity contribution in [2.75, 3.05) is 0 Å². The van der Waals surface area contributed by atoms with Crippen molar-refractivity contribution in [2.45, 2.75) is 67.5 Å². The summed E-state index contributed by atoms with van der Waals surface area (Å²) in [6, 6.07) is 0. The van der Waals surface area contributed by atoms with Gasteiger partial charge < -0.3 is 5.11 Å². The number of rotatable bonds is 5. The van der Waals surface area contributed by atoms with Crippen molar-refractivity contribution < 1.29 is 13.5 Å². The van der Waals surface area contributed by atoms with Crippen LogP contribution in [0.3, 0.4) is 0 Å². The van der Waals surface area contributed by atoms with Gasteiger partial charge in [-0.25, -0.2) is 8.42 Å². The molecule has 0 aromatic carbocycles. The van der Waals surface area contributed by atoms with E-state index in [4.69, 9.17) is 0 Å². The summed E-state index contributed by atoms with van der Waals surface area (Å²) in [5, 5.41) is 9.95. The molecule has 2 unspecified atom stereocenters. The lowest BCUT2D eigenvalue weighted by molar-refractivity contribution is 0.0110. The Bertz CT molecular complexity index is 365. The van der Waals surface area contributed by atoms with Crippen LogP contribution < -0.4 is 0 Å². The smallest absolute Gasteiger partial charge is 0.156 e. The van der Waals surface area contributed by atoms with Crippen LogP contribution in [0.2, 0.25) is 0 Å². The maximum Gasteiger partial charge on any atom is 0.156 e. The fraction of sp³-hybridized carbons (Fsp3) is 0.846. The molecular weight excluding hydrogens is 236 g/mol. The molecular formula is C13H22O3S. The largest absolute Gasteiger partial charge is 0.390 e. The monoisotopic (exact) mass is 258 g/mol. The molecule has 2 aliphatic rings. The highest BCUT2D eigenvalue weighted by Crippen LogP contribution is 2.44. The Balaban J connectivity index is 1.94. The van der Waals surface area contributed by atoms with E-state index >= 15 is 0 Å². The van der Waals surface area contributed by atoms with Gasteiger partial charge in [0.25, 0.3) is 0 Å². The SMILES string of the molecule is C=CCCCCC1(O)CC2CCC(C1)S2(=O)=O. The number of fused-ring (bicyclic) bond motifs is 2. The van der Waals surface area contributed by atoms with Gasteiger partial charge in [-0.3, -0.25) is 0 Å². The Morgan fingerprint density at radius 3 is 2.35 bits per heavy atom. The molecule has 0 aromatic rings. The van der Waals surface area contributed by atoms with Gasteiger partial charge in [-0.05, 0) is 44.9 Å². The Kier molecular flexibility index (Phi) is 3.64. The van der Waals surface area contributed by atoms with Crippen LogP contribution in [0.1, 0.15) is 51.4 Å². The summed E-state index contributed by atoms with van der Waals surface area (Å²) in [6.07, 6.45) is 8.02. The minimum atomic E-state index is -2.91. The number of unbranched alkanes of at least 4 members (excludes halogenated alkanes) is 2. The van der Waals surface area contributed by atoms with Gasteiger partial charge in [-0.15, -0.1) is 6.58 Å². The average molecular weight is 258 g/mol. The quantitative estimate of drug-likeness (QED) is 0.607. The number of aliphatic hydroxyl groups is 1. The van der Waals surface area contributed by atoms with Crippen LogP contribution in [-0.2, 0) is 9.84 Å². The van der Waals surface area contributed by atoms with Crippen LogP contribution >= 0.6 is 0 Å². The van der Waals surface area contributed by atoms with E-state index < -0.39 is 15.4 Å². The zero-order valence-corrected chi connectivity index (χ0v) is 11.1. The normalized spacial score (nSPS) is 39.1. The predicted octanol–water partition coefficient (Wildman–Crippen LogP) is 2.20. The van der Waals surface area contributed by atoms with Gasteiger partial charge in [-0.2, -0.15) is 0 Å². The second-order valence-corrected chi connectivity index (χ2v) is 8.09. The van der Waals surface area contributed by atoms with Crippen molar-refractivity contribution in [3.63, 3.8) is 0 Å². The molecule has 0 aliphatic carbocycles. The van der Waals surface area contributed by atoms with Crippen LogP contribution in [0, 0.1) is 0 Å². The summed E-state index contributed by atoms with van der Waals surface area (Å²) in [5.41, 5.74) is -0.724. The molecule has 2 heterocycles. The summed E-state index contributed by atoms with van der Waals surface area (Å²) < 4.78 is 23.8. The molecule has 0 spiro atoms. The molecule has 2 saturated heterocycles. The summed E-state index contributed by atoms with van der Waals surface area (Å²) in [6.45, 7) is 3.67. The van der Waals surface area contributed by atoms with E-state index in [0.717, 1.165) is 38.5 Å². The Labute approximate surface area is 104 Å². The predicted molar refractivity (Wildman–Crippen MR) is 68.6 cm³/mol. The lowest BCUT2D eigenvalue weighted by Crippen LogP contribution is -2.44. The highest BCUT2D eigenvalue weighted by atomic mass is 32.2. The van der Waals surface area contributed by atoms with E-state index in [1.165, 1.54) is 0 Å². The van der Waals surface area contributed by atoms with Crippen LogP contribution in [0.5, 0.6) is 0 Å². The third-order valence-electron chi connectivity index (χ3n) is 4.26. The second-order valence-electron chi connectivity index (χ2n) is 5.58. The van der Waals surface area contributed by atoms with Gasteiger partial charge in [0.05, 0.1) is 16.1 Å². The molecule has 1 N–H and O–H groups in total. The lowest BCUT2D eigenvalue weighted by Gasteiger charge is -2.36. The highest BCUT2D eigenvalue weighted by Gasteiger charge is 2.52. The third-order valence-corrected chi connectivity index (χ3v) is 6.92. The molecule has 2 bridgehead atoms. The van der Waals surface area contributed by atoms with E-state index in [9.17, 15) is 13.5 Å². The van der Waals surface area contributed by atoms with Crippen molar-refractivity contribution in [1.82, 2.24) is 0 Å². The lowest BCUT2D eigenvalue weighted by atomic mass is 9.88. The first kappa shape index (κ1) is 13.1. The molecule has 4 heteroatoms. The first-order chi connectivity index (χ1) is 7.98. The van der Waals surface area contributed by atoms with Gasteiger partial charge in [0.1, 0.15) is 0 Å². The van der Waals surface area contributed by atoms with Crippen molar-refractivity contribution in [3.05, 3.63) is 12.7 Å². The average Bonchev–Trinajstić information content (AvgIpc) is 2.47. The minimum absolute atomic E-state index is 0.273. The molecule has 0 amide bonds. The second kappa shape index (κ2) is 4.73. The number of hydrogen-bond acceptors (Lipinski definition) is 3. The van der Waals surface area contributed by atoms with Crippen LogP contribution in [-0.4, -0.2) is 29.6 Å². The molecule has 0 aromatic heterocycles. The summed E-state index contributed by atoms with van der Waals surface area (Å²) in [5.74, 6) is 0. The molecule has 2 aliphatic heterocycles. The third kappa shape index (κ3) is 2.58. The first-order valence-corrected chi connectivity index (χ1v) is 8.15. The fourth-order valence-electron chi connectivity index (χ4n) is 3.29. The minimum Gasteiger partial charge on any atom is -0.390 e. The zero-order valence-electron chi connectivity index (χ0n) is 10.3. The molecule has 3 nitrogen and oxygen atoms in total. The maximum absolute atomic E-state index is 11.9. The molecule has 2 rings (SSSR count). The molecule has 17 heavy (non-hydrogen) atoms. The highest BCUT2D eigenvalue weighted by molar-refractivity contribution is 7.93. The maximum atomic E-state index is 11.9. The molecule has 2 atom stereocenters. The summed E-state index contributed by atoms with van der Waals surface area (Å²) in [7, 11) is -2.91. The van der Waals surface area contributed by atoms with Gasteiger partial charge in [0.15, 0.2) is 9.84 Å². The topological polar surface area (TPSA) is 54.4 Å². The van der Waals surface area contributed by atoms with Gasteiger partial charge in [-0.1, -0.05) is 12.5 Å².